The van der Waals surface area contributed by atoms with E-state index >= 15 is 0 Å². The van der Waals surface area contributed by atoms with Crippen LogP contribution in [0.4, 0.5) is 4.39 Å². The maximum Gasteiger partial charge on any atom is 0.136 e. The van der Waals surface area contributed by atoms with Gasteiger partial charge in [-0.15, -0.1) is 23.1 Å². The highest BCUT2D eigenvalue weighted by Gasteiger charge is 2.11. The van der Waals surface area contributed by atoms with Crippen molar-refractivity contribution in [1.82, 2.24) is 5.32 Å². The molecule has 0 aliphatic heterocycles. The Morgan fingerprint density at radius 1 is 1.24 bits per heavy atom. The molecule has 0 radical (unpaired) electrons. The predicted molar refractivity (Wildman–Crippen MR) is 91.8 cm³/mol. The molecule has 0 amide bonds. The lowest BCUT2D eigenvalue weighted by Gasteiger charge is -2.18. The zero-order valence-electron chi connectivity index (χ0n) is 12.3. The number of thiophene rings is 1. The third kappa shape index (κ3) is 5.81. The molecule has 0 spiro atoms. The van der Waals surface area contributed by atoms with E-state index in [4.69, 9.17) is 0 Å². The molecular weight excluding hydrogens is 301 g/mol. The van der Waals surface area contributed by atoms with Gasteiger partial charge >= 0.3 is 0 Å². The summed E-state index contributed by atoms with van der Waals surface area (Å²) in [4.78, 5) is 2.17. The van der Waals surface area contributed by atoms with Crippen LogP contribution in [0.1, 0.15) is 24.6 Å². The van der Waals surface area contributed by atoms with Crippen LogP contribution in [0.5, 0.6) is 0 Å². The Hall–Kier alpha value is -0.840. The van der Waals surface area contributed by atoms with Crippen molar-refractivity contribution in [2.24, 2.45) is 0 Å². The molecule has 1 heterocycles. The van der Waals surface area contributed by atoms with Crippen LogP contribution in [0.3, 0.4) is 0 Å². The lowest BCUT2D eigenvalue weighted by molar-refractivity contribution is 0.521. The van der Waals surface area contributed by atoms with Gasteiger partial charge in [-0.3, -0.25) is 0 Å². The van der Waals surface area contributed by atoms with E-state index in [1.54, 1.807) is 17.8 Å². The van der Waals surface area contributed by atoms with E-state index < -0.39 is 0 Å². The number of benzene rings is 1. The SMILES string of the molecule is CCCNC(CCc1cccs1)CSc1ccccc1F. The lowest BCUT2D eigenvalue weighted by Crippen LogP contribution is -2.32. The quantitative estimate of drug-likeness (QED) is 0.653. The highest BCUT2D eigenvalue weighted by atomic mass is 32.2. The summed E-state index contributed by atoms with van der Waals surface area (Å²) >= 11 is 3.42. The molecule has 0 aliphatic carbocycles. The minimum absolute atomic E-state index is 0.116. The summed E-state index contributed by atoms with van der Waals surface area (Å²) in [6.45, 7) is 3.19. The Labute approximate surface area is 135 Å². The Kier molecular flexibility index (Phi) is 7.27. The fraction of sp³-hybridized carbons (Fsp3) is 0.412. The van der Waals surface area contributed by atoms with Gasteiger partial charge in [-0.1, -0.05) is 25.1 Å². The number of halogens is 1. The maximum absolute atomic E-state index is 13.7. The van der Waals surface area contributed by atoms with E-state index in [0.29, 0.717) is 6.04 Å². The molecule has 2 aromatic rings. The van der Waals surface area contributed by atoms with Crippen LogP contribution in [0, 0.1) is 5.82 Å². The van der Waals surface area contributed by atoms with Crippen molar-refractivity contribution < 1.29 is 4.39 Å². The molecule has 21 heavy (non-hydrogen) atoms. The Balaban J connectivity index is 1.85. The van der Waals surface area contributed by atoms with Gasteiger partial charge < -0.3 is 5.32 Å². The van der Waals surface area contributed by atoms with Gasteiger partial charge in [-0.05, 0) is 49.4 Å². The molecule has 1 aromatic carbocycles. The normalized spacial score (nSPS) is 12.5. The second kappa shape index (κ2) is 9.23. The van der Waals surface area contributed by atoms with Crippen LogP contribution in [-0.2, 0) is 6.42 Å². The van der Waals surface area contributed by atoms with E-state index in [1.807, 2.05) is 23.5 Å². The summed E-state index contributed by atoms with van der Waals surface area (Å²) in [5.74, 6) is 0.793. The zero-order valence-corrected chi connectivity index (χ0v) is 14.0. The molecule has 1 nitrogen and oxygen atoms in total. The van der Waals surface area contributed by atoms with Crippen LogP contribution in [0.25, 0.3) is 0 Å². The number of aryl methyl sites for hydroxylation is 1. The molecule has 0 fully saturated rings. The standard InChI is InChI=1S/C17H22FNS2/c1-2-11-19-14(9-10-15-6-5-12-20-15)13-21-17-8-4-3-7-16(17)18/h3-8,12,14,19H,2,9-11,13H2,1H3. The van der Waals surface area contributed by atoms with Gasteiger partial charge in [-0.2, -0.15) is 0 Å². The number of hydrogen-bond acceptors (Lipinski definition) is 3. The van der Waals surface area contributed by atoms with Crippen LogP contribution in [-0.4, -0.2) is 18.3 Å². The van der Waals surface area contributed by atoms with E-state index in [1.165, 1.54) is 10.9 Å². The zero-order chi connectivity index (χ0) is 14.9. The molecule has 1 unspecified atom stereocenters. The molecule has 0 saturated heterocycles. The summed E-state index contributed by atoms with van der Waals surface area (Å²) in [6, 6.07) is 11.7. The highest BCUT2D eigenvalue weighted by Crippen LogP contribution is 2.23. The Morgan fingerprint density at radius 3 is 2.81 bits per heavy atom. The Bertz CT molecular complexity index is 513. The van der Waals surface area contributed by atoms with Gasteiger partial charge in [-0.25, -0.2) is 4.39 Å². The average molecular weight is 324 g/mol. The lowest BCUT2D eigenvalue weighted by atomic mass is 10.1. The van der Waals surface area contributed by atoms with E-state index in [-0.39, 0.29) is 5.82 Å². The number of thioether (sulfide) groups is 1. The average Bonchev–Trinajstić information content (AvgIpc) is 3.01. The first kappa shape index (κ1) is 16.5. The van der Waals surface area contributed by atoms with Crippen molar-refractivity contribution in [3.8, 4) is 0 Å². The van der Waals surface area contributed by atoms with Crippen molar-refractivity contribution in [1.29, 1.82) is 0 Å². The first-order valence-corrected chi connectivity index (χ1v) is 9.29. The summed E-state index contributed by atoms with van der Waals surface area (Å²) in [5.41, 5.74) is 0. The molecule has 114 valence electrons. The first-order valence-electron chi connectivity index (χ1n) is 7.42. The molecule has 0 saturated carbocycles. The Morgan fingerprint density at radius 2 is 2.10 bits per heavy atom. The summed E-state index contributed by atoms with van der Waals surface area (Å²) < 4.78 is 13.7. The maximum atomic E-state index is 13.7. The summed E-state index contributed by atoms with van der Waals surface area (Å²) in [7, 11) is 0. The molecule has 1 aromatic heterocycles. The third-order valence-electron chi connectivity index (χ3n) is 3.28. The molecule has 2 rings (SSSR count). The predicted octanol–water partition coefficient (Wildman–Crippen LogP) is 4.98. The van der Waals surface area contributed by atoms with Crippen molar-refractivity contribution in [2.75, 3.05) is 12.3 Å². The largest absolute Gasteiger partial charge is 0.313 e. The van der Waals surface area contributed by atoms with Gasteiger partial charge in [0.15, 0.2) is 0 Å². The molecule has 0 aliphatic rings. The minimum Gasteiger partial charge on any atom is -0.313 e. The van der Waals surface area contributed by atoms with Gasteiger partial charge in [0.2, 0.25) is 0 Å². The molecule has 4 heteroatoms. The monoisotopic (exact) mass is 323 g/mol. The van der Waals surface area contributed by atoms with Crippen LogP contribution in [0.15, 0.2) is 46.7 Å². The molecule has 1 N–H and O–H groups in total. The topological polar surface area (TPSA) is 12.0 Å². The summed E-state index contributed by atoms with van der Waals surface area (Å²) in [6.07, 6.45) is 3.32. The smallest absolute Gasteiger partial charge is 0.136 e. The number of hydrogen-bond donors (Lipinski definition) is 1. The van der Waals surface area contributed by atoms with E-state index in [9.17, 15) is 4.39 Å². The van der Waals surface area contributed by atoms with E-state index in [0.717, 1.165) is 36.5 Å². The first-order chi connectivity index (χ1) is 10.3. The van der Waals surface area contributed by atoms with Gasteiger partial charge in [0.1, 0.15) is 5.82 Å². The van der Waals surface area contributed by atoms with Crippen molar-refractivity contribution in [2.45, 2.75) is 37.1 Å². The van der Waals surface area contributed by atoms with Crippen molar-refractivity contribution in [3.63, 3.8) is 0 Å². The third-order valence-corrected chi connectivity index (χ3v) is 5.43. The van der Waals surface area contributed by atoms with Crippen molar-refractivity contribution in [3.05, 3.63) is 52.5 Å². The van der Waals surface area contributed by atoms with Crippen LogP contribution >= 0.6 is 23.1 Å². The minimum atomic E-state index is -0.116. The second-order valence-corrected chi connectivity index (χ2v) is 7.10. The van der Waals surface area contributed by atoms with Crippen molar-refractivity contribution >= 4 is 23.1 Å². The van der Waals surface area contributed by atoms with Gasteiger partial charge in [0.05, 0.1) is 0 Å². The van der Waals surface area contributed by atoms with Gasteiger partial charge in [0, 0.05) is 21.6 Å². The van der Waals surface area contributed by atoms with Crippen LogP contribution < -0.4 is 5.32 Å². The van der Waals surface area contributed by atoms with E-state index in [2.05, 4.69) is 29.8 Å². The molecule has 1 atom stereocenters. The molecular formula is C17H22FNS2. The van der Waals surface area contributed by atoms with Gasteiger partial charge in [0.25, 0.3) is 0 Å². The number of rotatable bonds is 9. The number of nitrogens with one attached hydrogen (secondary N) is 1. The fourth-order valence-electron chi connectivity index (χ4n) is 2.12. The molecule has 0 bridgehead atoms. The highest BCUT2D eigenvalue weighted by molar-refractivity contribution is 7.99. The fourth-order valence-corrected chi connectivity index (χ4v) is 3.89. The summed E-state index contributed by atoms with van der Waals surface area (Å²) in [5, 5.41) is 5.71. The van der Waals surface area contributed by atoms with Crippen LogP contribution in [0.2, 0.25) is 0 Å². The second-order valence-electron chi connectivity index (χ2n) is 5.01.